The number of anilines is 2. The summed E-state index contributed by atoms with van der Waals surface area (Å²) in [4.78, 5) is 11.0. The van der Waals surface area contributed by atoms with Crippen LogP contribution in [-0.2, 0) is 12.0 Å². The maximum atomic E-state index is 4.81. The summed E-state index contributed by atoms with van der Waals surface area (Å²) in [6, 6.07) is 8.53. The Bertz CT molecular complexity index is 812. The molecular weight excluding hydrogens is 332 g/mol. The number of nitrogens with one attached hydrogen (secondary N) is 1. The molecule has 0 radical (unpaired) electrons. The number of benzene rings is 1. The van der Waals surface area contributed by atoms with Crippen LogP contribution in [0.3, 0.4) is 0 Å². The summed E-state index contributed by atoms with van der Waals surface area (Å²) in [5.41, 5.74) is 3.38. The van der Waals surface area contributed by atoms with Crippen LogP contribution in [0.2, 0.25) is 0 Å². The van der Waals surface area contributed by atoms with Gasteiger partial charge in [-0.1, -0.05) is 44.2 Å². The molecule has 3 rings (SSSR count). The molecule has 1 aromatic carbocycles. The number of hydrogen-bond donors (Lipinski definition) is 1. The maximum absolute atomic E-state index is 4.81. The molecule has 25 heavy (non-hydrogen) atoms. The second kappa shape index (κ2) is 6.84. The number of aromatic nitrogens is 4. The molecule has 1 N–H and O–H groups in total. The predicted octanol–water partition coefficient (Wildman–Crippen LogP) is 3.70. The molecule has 2 heterocycles. The highest BCUT2D eigenvalue weighted by molar-refractivity contribution is 7.18. The Balaban J connectivity index is 1.79. The summed E-state index contributed by atoms with van der Waals surface area (Å²) in [7, 11) is 4.09. The van der Waals surface area contributed by atoms with Gasteiger partial charge in [-0.2, -0.15) is 5.10 Å². The minimum Gasteiger partial charge on any atom is -0.378 e. The highest BCUT2D eigenvalue weighted by Gasteiger charge is 2.24. The molecule has 0 atom stereocenters. The van der Waals surface area contributed by atoms with Crippen LogP contribution in [-0.4, -0.2) is 33.8 Å². The van der Waals surface area contributed by atoms with Crippen LogP contribution in [0.1, 0.15) is 32.0 Å². The Hall–Kier alpha value is -2.41. The van der Waals surface area contributed by atoms with E-state index in [-0.39, 0.29) is 5.41 Å². The minimum atomic E-state index is -0.0644. The lowest BCUT2D eigenvalue weighted by molar-refractivity contribution is 0.567. The molecule has 6 nitrogen and oxygen atoms in total. The van der Waals surface area contributed by atoms with Crippen LogP contribution < -0.4 is 10.2 Å². The van der Waals surface area contributed by atoms with Gasteiger partial charge in [0, 0.05) is 31.7 Å². The van der Waals surface area contributed by atoms with E-state index in [0.29, 0.717) is 0 Å². The van der Waals surface area contributed by atoms with Crippen molar-refractivity contribution in [2.75, 3.05) is 24.3 Å². The molecule has 0 aliphatic heterocycles. The van der Waals surface area contributed by atoms with E-state index in [0.717, 1.165) is 22.4 Å². The third-order valence-electron chi connectivity index (χ3n) is 3.84. The largest absolute Gasteiger partial charge is 0.378 e. The van der Waals surface area contributed by atoms with Crippen LogP contribution in [0.25, 0.3) is 5.00 Å². The van der Waals surface area contributed by atoms with Crippen LogP contribution in [0.5, 0.6) is 0 Å². The van der Waals surface area contributed by atoms with Crippen molar-refractivity contribution in [3.05, 3.63) is 48.2 Å². The molecule has 3 aromatic rings. The Kier molecular flexibility index (Phi) is 4.76. The zero-order chi connectivity index (χ0) is 18.0. The molecule has 0 amide bonds. The van der Waals surface area contributed by atoms with Crippen LogP contribution in [0.4, 0.5) is 10.8 Å². The molecule has 0 unspecified atom stereocenters. The molecule has 0 aliphatic rings. The Morgan fingerprint density at radius 1 is 1.16 bits per heavy atom. The average Bonchev–Trinajstić information content (AvgIpc) is 3.22. The van der Waals surface area contributed by atoms with E-state index in [1.54, 1.807) is 28.7 Å². The summed E-state index contributed by atoms with van der Waals surface area (Å²) < 4.78 is 1.79. The first kappa shape index (κ1) is 17.4. The van der Waals surface area contributed by atoms with Crippen molar-refractivity contribution in [1.29, 1.82) is 0 Å². The van der Waals surface area contributed by atoms with E-state index in [9.17, 15) is 0 Å². The zero-order valence-corrected chi connectivity index (χ0v) is 16.1. The van der Waals surface area contributed by atoms with Gasteiger partial charge < -0.3 is 10.2 Å². The molecular formula is C18H24N6S. The van der Waals surface area contributed by atoms with E-state index in [1.807, 2.05) is 14.1 Å². The predicted molar refractivity (Wildman–Crippen MR) is 104 cm³/mol. The Morgan fingerprint density at radius 3 is 2.44 bits per heavy atom. The molecule has 0 saturated carbocycles. The van der Waals surface area contributed by atoms with E-state index in [4.69, 9.17) is 4.98 Å². The molecule has 0 saturated heterocycles. The molecule has 7 heteroatoms. The van der Waals surface area contributed by atoms with Gasteiger partial charge >= 0.3 is 0 Å². The lowest BCUT2D eigenvalue weighted by Crippen LogP contribution is -2.15. The molecule has 2 aromatic heterocycles. The van der Waals surface area contributed by atoms with Crippen molar-refractivity contribution in [3.63, 3.8) is 0 Å². The molecule has 0 aliphatic carbocycles. The first-order chi connectivity index (χ1) is 11.8. The first-order valence-corrected chi connectivity index (χ1v) is 9.02. The Morgan fingerprint density at radius 2 is 1.88 bits per heavy atom. The summed E-state index contributed by atoms with van der Waals surface area (Å²) >= 11 is 1.60. The summed E-state index contributed by atoms with van der Waals surface area (Å²) in [6.45, 7) is 7.21. The van der Waals surface area contributed by atoms with Gasteiger partial charge in [-0.15, -0.1) is 0 Å². The van der Waals surface area contributed by atoms with Crippen molar-refractivity contribution in [2.45, 2.75) is 32.7 Å². The second-order valence-corrected chi connectivity index (χ2v) is 8.15. The summed E-state index contributed by atoms with van der Waals surface area (Å²) in [5, 5.41) is 9.60. The van der Waals surface area contributed by atoms with Crippen molar-refractivity contribution < 1.29 is 0 Å². The van der Waals surface area contributed by atoms with Crippen molar-refractivity contribution in [2.24, 2.45) is 0 Å². The van der Waals surface area contributed by atoms with Gasteiger partial charge in [0.1, 0.15) is 17.7 Å². The average molecular weight is 356 g/mol. The lowest BCUT2D eigenvalue weighted by Gasteiger charge is -2.16. The fraction of sp³-hybridized carbons (Fsp3) is 0.389. The van der Waals surface area contributed by atoms with Gasteiger partial charge in [-0.3, -0.25) is 0 Å². The van der Waals surface area contributed by atoms with Gasteiger partial charge in [-0.05, 0) is 17.7 Å². The topological polar surface area (TPSA) is 58.9 Å². The quantitative estimate of drug-likeness (QED) is 0.755. The lowest BCUT2D eigenvalue weighted by atomic mass is 9.92. The van der Waals surface area contributed by atoms with Crippen molar-refractivity contribution in [1.82, 2.24) is 19.7 Å². The van der Waals surface area contributed by atoms with E-state index >= 15 is 0 Å². The van der Waals surface area contributed by atoms with Gasteiger partial charge in [0.15, 0.2) is 5.13 Å². The van der Waals surface area contributed by atoms with Gasteiger partial charge in [0.2, 0.25) is 0 Å². The maximum Gasteiger partial charge on any atom is 0.185 e. The highest BCUT2D eigenvalue weighted by Crippen LogP contribution is 2.34. The normalized spacial score (nSPS) is 11.6. The van der Waals surface area contributed by atoms with Crippen LogP contribution in [0.15, 0.2) is 36.9 Å². The molecule has 132 valence electrons. The minimum absolute atomic E-state index is 0.0644. The number of nitrogens with zero attached hydrogens (tertiary/aromatic N) is 5. The van der Waals surface area contributed by atoms with Gasteiger partial charge in [0.25, 0.3) is 0 Å². The Labute approximate surface area is 152 Å². The van der Waals surface area contributed by atoms with Crippen LogP contribution in [0, 0.1) is 0 Å². The molecule has 0 fully saturated rings. The third kappa shape index (κ3) is 3.99. The third-order valence-corrected chi connectivity index (χ3v) is 4.85. The zero-order valence-electron chi connectivity index (χ0n) is 15.3. The van der Waals surface area contributed by atoms with E-state index in [2.05, 4.69) is 65.3 Å². The summed E-state index contributed by atoms with van der Waals surface area (Å²) in [6.07, 6.45) is 3.26. The van der Waals surface area contributed by atoms with Crippen LogP contribution >= 0.6 is 11.3 Å². The van der Waals surface area contributed by atoms with Gasteiger partial charge in [-0.25, -0.2) is 14.6 Å². The highest BCUT2D eigenvalue weighted by atomic mass is 32.1. The van der Waals surface area contributed by atoms with E-state index < -0.39 is 0 Å². The molecule has 0 bridgehead atoms. The number of hydrogen-bond acceptors (Lipinski definition) is 6. The second-order valence-electron chi connectivity index (χ2n) is 7.18. The fourth-order valence-corrected chi connectivity index (χ4v) is 3.53. The first-order valence-electron chi connectivity index (χ1n) is 8.21. The SMILES string of the molecule is CN(C)c1ccc(CNc2nc(C(C)(C)C)c(-n3cncn3)s2)cc1. The fourth-order valence-electron chi connectivity index (χ4n) is 2.43. The van der Waals surface area contributed by atoms with Crippen molar-refractivity contribution >= 4 is 22.2 Å². The number of rotatable bonds is 5. The van der Waals surface area contributed by atoms with Gasteiger partial charge in [0.05, 0.1) is 5.69 Å². The summed E-state index contributed by atoms with van der Waals surface area (Å²) in [5.74, 6) is 0. The molecule has 0 spiro atoms. The standard InChI is InChI=1S/C18H24N6S/c1-18(2,3)15-16(24-12-19-11-21-24)25-17(22-15)20-10-13-6-8-14(9-7-13)23(4)5/h6-9,11-12H,10H2,1-5H3,(H,20,22). The monoisotopic (exact) mass is 356 g/mol. The van der Waals surface area contributed by atoms with E-state index in [1.165, 1.54) is 11.3 Å². The number of thiazole rings is 1. The van der Waals surface area contributed by atoms with Crippen molar-refractivity contribution in [3.8, 4) is 5.00 Å². The smallest absolute Gasteiger partial charge is 0.185 e.